The Hall–Kier alpha value is -1.58. The van der Waals surface area contributed by atoms with Gasteiger partial charge in [0.25, 0.3) is 0 Å². The van der Waals surface area contributed by atoms with E-state index < -0.39 is 0 Å². The van der Waals surface area contributed by atoms with Crippen LogP contribution in [0.2, 0.25) is 0 Å². The lowest BCUT2D eigenvalue weighted by Gasteiger charge is -2.33. The minimum absolute atomic E-state index is 0.607. The first-order chi connectivity index (χ1) is 9.76. The van der Waals surface area contributed by atoms with Crippen molar-refractivity contribution in [1.82, 2.24) is 10.2 Å². The molecule has 1 N–H and O–H groups in total. The van der Waals surface area contributed by atoms with Crippen LogP contribution in [-0.2, 0) is 6.54 Å². The smallest absolute Gasteiger partial charge is 0.119 e. The van der Waals surface area contributed by atoms with Crippen LogP contribution in [0.1, 0.15) is 12.5 Å². The van der Waals surface area contributed by atoms with Crippen molar-refractivity contribution in [1.29, 1.82) is 0 Å². The summed E-state index contributed by atoms with van der Waals surface area (Å²) in [5, 5.41) is 5.96. The molecule has 2 aromatic carbocycles. The Labute approximate surface area is 120 Å². The predicted molar refractivity (Wildman–Crippen MR) is 83.2 cm³/mol. The fourth-order valence-electron chi connectivity index (χ4n) is 2.85. The van der Waals surface area contributed by atoms with E-state index in [1.165, 1.54) is 16.3 Å². The maximum atomic E-state index is 5.27. The number of fused-ring (bicyclic) bond motifs is 1. The van der Waals surface area contributed by atoms with E-state index in [2.05, 4.69) is 47.5 Å². The molecule has 2 aromatic rings. The van der Waals surface area contributed by atoms with E-state index in [0.29, 0.717) is 6.04 Å². The lowest BCUT2D eigenvalue weighted by atomic mass is 10.1. The summed E-state index contributed by atoms with van der Waals surface area (Å²) in [6.07, 6.45) is 0. The second kappa shape index (κ2) is 5.81. The van der Waals surface area contributed by atoms with Gasteiger partial charge >= 0.3 is 0 Å². The van der Waals surface area contributed by atoms with Crippen LogP contribution in [0.5, 0.6) is 5.75 Å². The highest BCUT2D eigenvalue weighted by Crippen LogP contribution is 2.22. The molecule has 0 saturated carbocycles. The molecular formula is C17H22N2O. The predicted octanol–water partition coefficient (Wildman–Crippen LogP) is 2.64. The van der Waals surface area contributed by atoms with Crippen LogP contribution in [0.25, 0.3) is 10.8 Å². The molecule has 1 saturated heterocycles. The third-order valence-corrected chi connectivity index (χ3v) is 4.14. The molecule has 0 bridgehead atoms. The molecule has 3 heteroatoms. The van der Waals surface area contributed by atoms with Crippen LogP contribution < -0.4 is 10.1 Å². The molecule has 20 heavy (non-hydrogen) atoms. The van der Waals surface area contributed by atoms with Gasteiger partial charge in [-0.05, 0) is 41.5 Å². The third-order valence-electron chi connectivity index (χ3n) is 4.14. The molecule has 0 unspecified atom stereocenters. The van der Waals surface area contributed by atoms with Gasteiger partial charge in [-0.3, -0.25) is 4.90 Å². The first-order valence-corrected chi connectivity index (χ1v) is 7.28. The van der Waals surface area contributed by atoms with Crippen molar-refractivity contribution in [2.75, 3.05) is 26.7 Å². The summed E-state index contributed by atoms with van der Waals surface area (Å²) in [6, 6.07) is 13.6. The van der Waals surface area contributed by atoms with Gasteiger partial charge in [-0.15, -0.1) is 0 Å². The fraction of sp³-hybridized carbons (Fsp3) is 0.412. The second-order valence-corrected chi connectivity index (χ2v) is 5.57. The molecule has 1 heterocycles. The molecule has 3 nitrogen and oxygen atoms in total. The van der Waals surface area contributed by atoms with Crippen molar-refractivity contribution in [3.8, 4) is 5.75 Å². The van der Waals surface area contributed by atoms with Crippen molar-refractivity contribution in [3.63, 3.8) is 0 Å². The Balaban J connectivity index is 1.81. The first-order valence-electron chi connectivity index (χ1n) is 7.28. The summed E-state index contributed by atoms with van der Waals surface area (Å²) in [5.74, 6) is 0.918. The van der Waals surface area contributed by atoms with E-state index in [1.807, 2.05) is 6.07 Å². The largest absolute Gasteiger partial charge is 0.497 e. The zero-order chi connectivity index (χ0) is 13.9. The number of ether oxygens (including phenoxy) is 1. The Kier molecular flexibility index (Phi) is 3.90. The highest BCUT2D eigenvalue weighted by molar-refractivity contribution is 5.84. The van der Waals surface area contributed by atoms with E-state index in [0.717, 1.165) is 31.9 Å². The number of benzene rings is 2. The first kappa shape index (κ1) is 13.4. The average Bonchev–Trinajstić information content (AvgIpc) is 2.49. The number of rotatable bonds is 3. The lowest BCUT2D eigenvalue weighted by Crippen LogP contribution is -2.49. The molecule has 0 aromatic heterocycles. The van der Waals surface area contributed by atoms with Crippen LogP contribution >= 0.6 is 0 Å². The minimum Gasteiger partial charge on any atom is -0.497 e. The lowest BCUT2D eigenvalue weighted by molar-refractivity contribution is 0.166. The molecular weight excluding hydrogens is 248 g/mol. The SMILES string of the molecule is COc1ccc2cc(CN3CCNC[C@@H]3C)ccc2c1. The van der Waals surface area contributed by atoms with Gasteiger partial charge in [-0.25, -0.2) is 0 Å². The highest BCUT2D eigenvalue weighted by Gasteiger charge is 2.17. The second-order valence-electron chi connectivity index (χ2n) is 5.57. The Morgan fingerprint density at radius 3 is 2.80 bits per heavy atom. The normalized spacial score (nSPS) is 20.2. The van der Waals surface area contributed by atoms with Gasteiger partial charge in [0, 0.05) is 32.2 Å². The molecule has 0 radical (unpaired) electrons. The van der Waals surface area contributed by atoms with Gasteiger partial charge in [-0.1, -0.05) is 18.2 Å². The molecule has 1 aliphatic rings. The van der Waals surface area contributed by atoms with Crippen molar-refractivity contribution < 1.29 is 4.74 Å². The number of hydrogen-bond acceptors (Lipinski definition) is 3. The van der Waals surface area contributed by atoms with Crippen LogP contribution in [0.3, 0.4) is 0 Å². The zero-order valence-electron chi connectivity index (χ0n) is 12.2. The van der Waals surface area contributed by atoms with E-state index in [9.17, 15) is 0 Å². The average molecular weight is 270 g/mol. The zero-order valence-corrected chi connectivity index (χ0v) is 12.2. The van der Waals surface area contributed by atoms with Crippen LogP contribution in [-0.4, -0.2) is 37.7 Å². The molecule has 0 spiro atoms. The molecule has 106 valence electrons. The van der Waals surface area contributed by atoms with E-state index in [1.54, 1.807) is 7.11 Å². The van der Waals surface area contributed by atoms with Crippen LogP contribution in [0.15, 0.2) is 36.4 Å². The Morgan fingerprint density at radius 2 is 2.00 bits per heavy atom. The highest BCUT2D eigenvalue weighted by atomic mass is 16.5. The summed E-state index contributed by atoms with van der Waals surface area (Å²) >= 11 is 0. The minimum atomic E-state index is 0.607. The van der Waals surface area contributed by atoms with E-state index in [4.69, 9.17) is 4.74 Å². The maximum absolute atomic E-state index is 5.27. The molecule has 1 fully saturated rings. The van der Waals surface area contributed by atoms with Crippen molar-refractivity contribution in [2.24, 2.45) is 0 Å². The quantitative estimate of drug-likeness (QED) is 0.928. The van der Waals surface area contributed by atoms with Crippen molar-refractivity contribution >= 4 is 10.8 Å². The summed E-state index contributed by atoms with van der Waals surface area (Å²) in [5.41, 5.74) is 1.39. The van der Waals surface area contributed by atoms with Crippen molar-refractivity contribution in [2.45, 2.75) is 19.5 Å². The van der Waals surface area contributed by atoms with Gasteiger partial charge in [0.2, 0.25) is 0 Å². The van der Waals surface area contributed by atoms with E-state index >= 15 is 0 Å². The van der Waals surface area contributed by atoms with Crippen LogP contribution in [0.4, 0.5) is 0 Å². The summed E-state index contributed by atoms with van der Waals surface area (Å²) in [6.45, 7) is 6.63. The summed E-state index contributed by atoms with van der Waals surface area (Å²) in [4.78, 5) is 2.54. The van der Waals surface area contributed by atoms with E-state index in [-0.39, 0.29) is 0 Å². The molecule has 3 rings (SSSR count). The maximum Gasteiger partial charge on any atom is 0.119 e. The monoisotopic (exact) mass is 270 g/mol. The van der Waals surface area contributed by atoms with Gasteiger partial charge in [0.1, 0.15) is 5.75 Å². The number of nitrogens with one attached hydrogen (secondary N) is 1. The van der Waals surface area contributed by atoms with Gasteiger partial charge in [0.15, 0.2) is 0 Å². The van der Waals surface area contributed by atoms with Crippen molar-refractivity contribution in [3.05, 3.63) is 42.0 Å². The third kappa shape index (κ3) is 2.79. The van der Waals surface area contributed by atoms with Gasteiger partial charge in [-0.2, -0.15) is 0 Å². The molecule has 1 aliphatic heterocycles. The summed E-state index contributed by atoms with van der Waals surface area (Å²) in [7, 11) is 1.71. The summed E-state index contributed by atoms with van der Waals surface area (Å²) < 4.78 is 5.27. The Morgan fingerprint density at radius 1 is 1.20 bits per heavy atom. The Bertz CT molecular complexity index is 597. The number of nitrogens with zero attached hydrogens (tertiary/aromatic N) is 1. The fourth-order valence-corrected chi connectivity index (χ4v) is 2.85. The standard InChI is InChI=1S/C17H22N2O/c1-13-11-18-7-8-19(13)12-14-3-4-16-10-17(20-2)6-5-15(16)9-14/h3-6,9-10,13,18H,7-8,11-12H2,1-2H3/t13-/m0/s1. The van der Waals surface area contributed by atoms with Gasteiger partial charge < -0.3 is 10.1 Å². The number of hydrogen-bond donors (Lipinski definition) is 1. The molecule has 1 atom stereocenters. The molecule has 0 aliphatic carbocycles. The molecule has 0 amide bonds. The number of piperazine rings is 1. The topological polar surface area (TPSA) is 24.5 Å². The van der Waals surface area contributed by atoms with Crippen LogP contribution in [0, 0.1) is 0 Å². The van der Waals surface area contributed by atoms with Gasteiger partial charge in [0.05, 0.1) is 7.11 Å². The number of methoxy groups -OCH3 is 1.